The van der Waals surface area contributed by atoms with Gasteiger partial charge in [0.1, 0.15) is 17.8 Å². The van der Waals surface area contributed by atoms with Crippen molar-refractivity contribution < 1.29 is 9.18 Å². The highest BCUT2D eigenvalue weighted by Crippen LogP contribution is 2.15. The van der Waals surface area contributed by atoms with E-state index < -0.39 is 0 Å². The van der Waals surface area contributed by atoms with E-state index in [4.69, 9.17) is 5.53 Å². The second-order valence-corrected chi connectivity index (χ2v) is 3.85. The second kappa shape index (κ2) is 7.32. The molecule has 0 aromatic heterocycles. The van der Waals surface area contributed by atoms with Gasteiger partial charge >= 0.3 is 0 Å². The van der Waals surface area contributed by atoms with Gasteiger partial charge in [-0.05, 0) is 30.7 Å². The first-order chi connectivity index (χ1) is 8.71. The van der Waals surface area contributed by atoms with Crippen molar-refractivity contribution in [1.29, 1.82) is 5.53 Å². The Kier molecular flexibility index (Phi) is 5.70. The molecule has 1 aromatic carbocycles. The molecule has 0 aliphatic heterocycles. The van der Waals surface area contributed by atoms with E-state index in [1.165, 1.54) is 30.5 Å². The summed E-state index contributed by atoms with van der Waals surface area (Å²) in [6.45, 7) is 1.98. The number of aldehydes is 1. The Morgan fingerprint density at radius 2 is 2.17 bits per heavy atom. The number of benzene rings is 1. The first-order valence-corrected chi connectivity index (χ1v) is 5.76. The average Bonchev–Trinajstić information content (AvgIpc) is 2.40. The molecule has 18 heavy (non-hydrogen) atoms. The van der Waals surface area contributed by atoms with Gasteiger partial charge in [0.15, 0.2) is 0 Å². The number of carbonyl (C=O) groups is 1. The number of nitrogens with zero attached hydrogens (tertiary/aromatic N) is 1. The summed E-state index contributed by atoms with van der Waals surface area (Å²) in [5.74, 6) is -0.340. The predicted octanol–water partition coefficient (Wildman–Crippen LogP) is 3.11. The van der Waals surface area contributed by atoms with E-state index in [2.05, 4.69) is 10.4 Å². The van der Waals surface area contributed by atoms with Crippen molar-refractivity contribution in [1.82, 2.24) is 5.32 Å². The van der Waals surface area contributed by atoms with Gasteiger partial charge in [-0.25, -0.2) is 9.92 Å². The molecule has 2 N–H and O–H groups in total. The molecule has 0 bridgehead atoms. The number of rotatable bonds is 7. The Morgan fingerprint density at radius 1 is 1.50 bits per heavy atom. The lowest BCUT2D eigenvalue weighted by Crippen LogP contribution is -2.25. The standard InChI is InChI=1S/C13H16FN3O/c1-2-3-12(9-18)16-8-13(17-15)10-4-6-11(14)7-5-10/h4-9,12,15-16H,2-3H2,1H3/b13-8-,17-15?. The predicted molar refractivity (Wildman–Crippen MR) is 67.4 cm³/mol. The molecule has 1 unspecified atom stereocenters. The van der Waals surface area contributed by atoms with Gasteiger partial charge in [-0.15, -0.1) is 0 Å². The Morgan fingerprint density at radius 3 is 2.67 bits per heavy atom. The molecule has 0 spiro atoms. The van der Waals surface area contributed by atoms with Crippen LogP contribution in [-0.2, 0) is 4.79 Å². The molecule has 0 fully saturated rings. The number of hydrogen-bond donors (Lipinski definition) is 2. The van der Waals surface area contributed by atoms with Crippen molar-refractivity contribution in [3.05, 3.63) is 41.8 Å². The molecule has 4 nitrogen and oxygen atoms in total. The third-order valence-electron chi connectivity index (χ3n) is 2.46. The molecule has 0 radical (unpaired) electrons. The van der Waals surface area contributed by atoms with Crippen LogP contribution >= 0.6 is 0 Å². The van der Waals surface area contributed by atoms with Crippen molar-refractivity contribution in [2.75, 3.05) is 0 Å². The maximum absolute atomic E-state index is 12.8. The van der Waals surface area contributed by atoms with Crippen LogP contribution in [0, 0.1) is 11.3 Å². The van der Waals surface area contributed by atoms with Crippen molar-refractivity contribution in [3.8, 4) is 0 Å². The van der Waals surface area contributed by atoms with Crippen LogP contribution in [0.3, 0.4) is 0 Å². The molecule has 96 valence electrons. The third kappa shape index (κ3) is 4.08. The van der Waals surface area contributed by atoms with Crippen LogP contribution in [0.2, 0.25) is 0 Å². The average molecular weight is 249 g/mol. The molecule has 5 heteroatoms. The summed E-state index contributed by atoms with van der Waals surface area (Å²) in [5, 5.41) is 6.26. The molecule has 1 rings (SSSR count). The monoisotopic (exact) mass is 249 g/mol. The van der Waals surface area contributed by atoms with Crippen LogP contribution in [0.4, 0.5) is 4.39 Å². The molecule has 0 aliphatic carbocycles. The van der Waals surface area contributed by atoms with Crippen LogP contribution in [0.25, 0.3) is 5.70 Å². The number of carbonyl (C=O) groups excluding carboxylic acids is 1. The van der Waals surface area contributed by atoms with Gasteiger partial charge in [-0.3, -0.25) is 0 Å². The minimum absolute atomic E-state index is 0.285. The highest BCUT2D eigenvalue weighted by Gasteiger charge is 2.05. The summed E-state index contributed by atoms with van der Waals surface area (Å²) >= 11 is 0. The lowest BCUT2D eigenvalue weighted by molar-refractivity contribution is -0.109. The summed E-state index contributed by atoms with van der Waals surface area (Å²) in [7, 11) is 0. The molecular weight excluding hydrogens is 233 g/mol. The summed E-state index contributed by atoms with van der Waals surface area (Å²) in [5.41, 5.74) is 8.07. The summed E-state index contributed by atoms with van der Waals surface area (Å²) in [6, 6.07) is 5.40. The smallest absolute Gasteiger partial charge is 0.142 e. The summed E-state index contributed by atoms with van der Waals surface area (Å²) < 4.78 is 12.8. The van der Waals surface area contributed by atoms with Crippen molar-refractivity contribution in [3.63, 3.8) is 0 Å². The van der Waals surface area contributed by atoms with E-state index in [1.54, 1.807) is 0 Å². The van der Waals surface area contributed by atoms with Gasteiger partial charge in [0.05, 0.1) is 6.04 Å². The number of nitrogens with one attached hydrogen (secondary N) is 2. The first kappa shape index (κ1) is 14.0. The third-order valence-corrected chi connectivity index (χ3v) is 2.46. The Labute approximate surface area is 105 Å². The first-order valence-electron chi connectivity index (χ1n) is 5.76. The Bertz CT molecular complexity index is 428. The molecule has 1 atom stereocenters. The highest BCUT2D eigenvalue weighted by molar-refractivity contribution is 5.64. The van der Waals surface area contributed by atoms with Crippen LogP contribution < -0.4 is 5.32 Å². The lowest BCUT2D eigenvalue weighted by atomic mass is 10.1. The van der Waals surface area contributed by atoms with E-state index >= 15 is 0 Å². The summed E-state index contributed by atoms with van der Waals surface area (Å²) in [4.78, 5) is 10.8. The van der Waals surface area contributed by atoms with E-state index in [9.17, 15) is 9.18 Å². The zero-order valence-corrected chi connectivity index (χ0v) is 10.2. The van der Waals surface area contributed by atoms with E-state index in [0.717, 1.165) is 12.7 Å². The van der Waals surface area contributed by atoms with Crippen molar-refractivity contribution >= 4 is 12.0 Å². The van der Waals surface area contributed by atoms with Gasteiger partial charge in [0.25, 0.3) is 0 Å². The van der Waals surface area contributed by atoms with Gasteiger partial charge < -0.3 is 10.1 Å². The molecule has 1 aromatic rings. The van der Waals surface area contributed by atoms with Crippen LogP contribution in [-0.4, -0.2) is 12.3 Å². The Hall–Kier alpha value is -2.04. The second-order valence-electron chi connectivity index (χ2n) is 3.85. The maximum Gasteiger partial charge on any atom is 0.142 e. The van der Waals surface area contributed by atoms with E-state index in [1.807, 2.05) is 6.92 Å². The molecule has 0 saturated carbocycles. The summed E-state index contributed by atoms with van der Waals surface area (Å²) in [6.07, 6.45) is 3.93. The van der Waals surface area contributed by atoms with Gasteiger partial charge in [0.2, 0.25) is 0 Å². The largest absolute Gasteiger partial charge is 0.380 e. The molecule has 0 aliphatic rings. The fraction of sp³-hybridized carbons (Fsp3) is 0.308. The van der Waals surface area contributed by atoms with E-state index in [-0.39, 0.29) is 11.9 Å². The van der Waals surface area contributed by atoms with Gasteiger partial charge in [0, 0.05) is 11.8 Å². The van der Waals surface area contributed by atoms with Crippen LogP contribution in [0.15, 0.2) is 35.6 Å². The molecule has 0 saturated heterocycles. The normalized spacial score (nSPS) is 12.9. The highest BCUT2D eigenvalue weighted by atomic mass is 19.1. The van der Waals surface area contributed by atoms with Gasteiger partial charge in [-0.1, -0.05) is 13.3 Å². The molecule has 0 amide bonds. The minimum atomic E-state index is -0.340. The van der Waals surface area contributed by atoms with Crippen LogP contribution in [0.1, 0.15) is 25.3 Å². The van der Waals surface area contributed by atoms with Crippen LogP contribution in [0.5, 0.6) is 0 Å². The topological polar surface area (TPSA) is 65.3 Å². The number of halogens is 1. The quantitative estimate of drug-likeness (QED) is 0.576. The van der Waals surface area contributed by atoms with Crippen molar-refractivity contribution in [2.24, 2.45) is 5.11 Å². The SMILES string of the molecule is CCCC(C=O)N/C=C(\N=N)c1ccc(F)cc1. The van der Waals surface area contributed by atoms with Gasteiger partial charge in [-0.2, -0.15) is 5.11 Å². The molecular formula is C13H16FN3O. The zero-order valence-electron chi connectivity index (χ0n) is 10.2. The fourth-order valence-corrected chi connectivity index (χ4v) is 1.49. The fourth-order valence-electron chi connectivity index (χ4n) is 1.49. The molecule has 0 heterocycles. The minimum Gasteiger partial charge on any atom is -0.380 e. The van der Waals surface area contributed by atoms with E-state index in [0.29, 0.717) is 17.7 Å². The number of hydrogen-bond acceptors (Lipinski definition) is 4. The lowest BCUT2D eigenvalue weighted by Gasteiger charge is -2.09. The Balaban J connectivity index is 2.79. The maximum atomic E-state index is 12.8. The van der Waals surface area contributed by atoms with Crippen molar-refractivity contribution in [2.45, 2.75) is 25.8 Å². The zero-order chi connectivity index (χ0) is 13.4.